The van der Waals surface area contributed by atoms with Gasteiger partial charge in [-0.3, -0.25) is 0 Å². The predicted molar refractivity (Wildman–Crippen MR) is 80.4 cm³/mol. The summed E-state index contributed by atoms with van der Waals surface area (Å²) in [5.74, 6) is 1.01. The average Bonchev–Trinajstić information content (AvgIpc) is 2.43. The van der Waals surface area contributed by atoms with Crippen LogP contribution in [0, 0.1) is 10.8 Å². The minimum absolute atomic E-state index is 0.418. The van der Waals surface area contributed by atoms with Gasteiger partial charge in [0.1, 0.15) is 0 Å². The lowest BCUT2D eigenvalue weighted by Crippen LogP contribution is -2.47. The molecule has 2 heterocycles. The van der Waals surface area contributed by atoms with Crippen molar-refractivity contribution in [3.63, 3.8) is 0 Å². The number of likely N-dealkylation sites (tertiary alicyclic amines) is 1. The normalized spacial score (nSPS) is 28.2. The average molecular weight is 271 g/mol. The van der Waals surface area contributed by atoms with Gasteiger partial charge in [-0.15, -0.1) is 0 Å². The molecule has 0 spiro atoms. The van der Waals surface area contributed by atoms with Gasteiger partial charge in [0.05, 0.1) is 0 Å². The summed E-state index contributed by atoms with van der Waals surface area (Å²) in [6.45, 7) is 10.4. The minimum Gasteiger partial charge on any atom is -0.381 e. The fourth-order valence-electron chi connectivity index (χ4n) is 3.25. The zero-order valence-electron chi connectivity index (χ0n) is 12.1. The van der Waals surface area contributed by atoms with E-state index in [4.69, 9.17) is 4.74 Å². The predicted octanol–water partition coefficient (Wildman–Crippen LogP) is 3.23. The molecular formula is C15H29NOS. The summed E-state index contributed by atoms with van der Waals surface area (Å²) < 4.78 is 5.51. The highest BCUT2D eigenvalue weighted by Gasteiger charge is 2.36. The summed E-state index contributed by atoms with van der Waals surface area (Å²) in [6.07, 6.45) is 6.44. The lowest BCUT2D eigenvalue weighted by atomic mass is 9.76. The largest absolute Gasteiger partial charge is 0.381 e. The van der Waals surface area contributed by atoms with Gasteiger partial charge in [-0.05, 0) is 55.4 Å². The van der Waals surface area contributed by atoms with E-state index in [1.807, 2.05) is 0 Å². The number of piperidine rings is 1. The van der Waals surface area contributed by atoms with E-state index in [9.17, 15) is 0 Å². The maximum atomic E-state index is 5.51. The number of thiol groups is 1. The van der Waals surface area contributed by atoms with Crippen LogP contribution < -0.4 is 0 Å². The molecule has 106 valence electrons. The van der Waals surface area contributed by atoms with Crippen molar-refractivity contribution in [2.75, 3.05) is 38.6 Å². The highest BCUT2D eigenvalue weighted by atomic mass is 32.1. The maximum absolute atomic E-state index is 5.51. The lowest BCUT2D eigenvalue weighted by molar-refractivity contribution is -0.00368. The molecular weight excluding hydrogens is 242 g/mol. The van der Waals surface area contributed by atoms with Gasteiger partial charge in [0.15, 0.2) is 0 Å². The van der Waals surface area contributed by atoms with Crippen LogP contribution in [-0.4, -0.2) is 43.5 Å². The Morgan fingerprint density at radius 2 is 1.72 bits per heavy atom. The summed E-state index contributed by atoms with van der Waals surface area (Å²) in [7, 11) is 0. The molecule has 0 bridgehead atoms. The summed E-state index contributed by atoms with van der Waals surface area (Å²) in [4.78, 5) is 2.68. The van der Waals surface area contributed by atoms with Crippen LogP contribution in [0.25, 0.3) is 0 Å². The molecule has 0 aromatic carbocycles. The molecule has 0 radical (unpaired) electrons. The van der Waals surface area contributed by atoms with Crippen LogP contribution in [0.3, 0.4) is 0 Å². The molecule has 0 unspecified atom stereocenters. The van der Waals surface area contributed by atoms with E-state index in [1.54, 1.807) is 0 Å². The summed E-state index contributed by atoms with van der Waals surface area (Å²) in [5.41, 5.74) is 1.02. The summed E-state index contributed by atoms with van der Waals surface area (Å²) in [5, 5.41) is 0. The summed E-state index contributed by atoms with van der Waals surface area (Å²) in [6, 6.07) is 0. The van der Waals surface area contributed by atoms with Gasteiger partial charge in [0.2, 0.25) is 0 Å². The van der Waals surface area contributed by atoms with E-state index in [0.717, 1.165) is 19.0 Å². The first-order valence-corrected chi connectivity index (χ1v) is 8.16. The van der Waals surface area contributed by atoms with E-state index < -0.39 is 0 Å². The third-order valence-corrected chi connectivity index (χ3v) is 6.04. The van der Waals surface area contributed by atoms with E-state index in [-0.39, 0.29) is 0 Å². The monoisotopic (exact) mass is 271 g/mol. The van der Waals surface area contributed by atoms with E-state index in [1.165, 1.54) is 51.7 Å². The standard InChI is InChI=1S/C15H29NOS/c1-3-14(2)4-8-16(9-5-14)12-15(13-18)6-10-17-11-7-15/h18H,3-13H2,1-2H3. The van der Waals surface area contributed by atoms with Gasteiger partial charge in [-0.1, -0.05) is 20.3 Å². The second kappa shape index (κ2) is 6.15. The SMILES string of the molecule is CCC1(C)CCN(CC2(CS)CCOCC2)CC1. The Kier molecular flexibility index (Phi) is 5.01. The van der Waals surface area contributed by atoms with Crippen molar-refractivity contribution in [3.8, 4) is 0 Å². The van der Waals surface area contributed by atoms with Gasteiger partial charge < -0.3 is 9.64 Å². The zero-order valence-corrected chi connectivity index (χ0v) is 13.0. The molecule has 2 rings (SSSR count). The van der Waals surface area contributed by atoms with Crippen LogP contribution in [0.4, 0.5) is 0 Å². The van der Waals surface area contributed by atoms with E-state index in [0.29, 0.717) is 10.8 Å². The molecule has 0 aromatic rings. The van der Waals surface area contributed by atoms with E-state index in [2.05, 4.69) is 31.4 Å². The Hall–Kier alpha value is 0.270. The van der Waals surface area contributed by atoms with Crippen LogP contribution in [0.2, 0.25) is 0 Å². The zero-order chi connectivity index (χ0) is 13.1. The van der Waals surface area contributed by atoms with Crippen LogP contribution in [-0.2, 0) is 4.74 Å². The third-order valence-electron chi connectivity index (χ3n) is 5.36. The Morgan fingerprint density at radius 3 is 2.22 bits per heavy atom. The van der Waals surface area contributed by atoms with Crippen molar-refractivity contribution < 1.29 is 4.74 Å². The first-order chi connectivity index (χ1) is 8.61. The highest BCUT2D eigenvalue weighted by Crippen LogP contribution is 2.37. The van der Waals surface area contributed by atoms with Crippen LogP contribution in [0.5, 0.6) is 0 Å². The van der Waals surface area contributed by atoms with Gasteiger partial charge in [0, 0.05) is 19.8 Å². The fraction of sp³-hybridized carbons (Fsp3) is 1.00. The number of ether oxygens (including phenoxy) is 1. The van der Waals surface area contributed by atoms with Gasteiger partial charge in [-0.2, -0.15) is 12.6 Å². The second-order valence-electron chi connectivity index (χ2n) is 6.71. The fourth-order valence-corrected chi connectivity index (χ4v) is 3.67. The number of nitrogens with zero attached hydrogens (tertiary/aromatic N) is 1. The molecule has 0 saturated carbocycles. The Bertz CT molecular complexity index is 255. The first kappa shape index (κ1) is 14.7. The molecule has 2 nitrogen and oxygen atoms in total. The molecule has 2 fully saturated rings. The molecule has 3 heteroatoms. The smallest absolute Gasteiger partial charge is 0.0472 e. The van der Waals surface area contributed by atoms with Crippen LogP contribution >= 0.6 is 12.6 Å². The first-order valence-electron chi connectivity index (χ1n) is 7.52. The lowest BCUT2D eigenvalue weighted by Gasteiger charge is -2.44. The molecule has 0 aromatic heterocycles. The second-order valence-corrected chi connectivity index (χ2v) is 7.03. The molecule has 2 aliphatic heterocycles. The highest BCUT2D eigenvalue weighted by molar-refractivity contribution is 7.80. The Labute approximate surface area is 118 Å². The van der Waals surface area contributed by atoms with Crippen LogP contribution in [0.1, 0.15) is 46.0 Å². The third kappa shape index (κ3) is 3.43. The maximum Gasteiger partial charge on any atom is 0.0472 e. The number of hydrogen-bond acceptors (Lipinski definition) is 3. The number of hydrogen-bond donors (Lipinski definition) is 1. The molecule has 2 aliphatic rings. The Balaban J connectivity index is 1.86. The van der Waals surface area contributed by atoms with Crippen molar-refractivity contribution >= 4 is 12.6 Å². The van der Waals surface area contributed by atoms with Crippen molar-refractivity contribution in [2.24, 2.45) is 10.8 Å². The number of rotatable bonds is 4. The van der Waals surface area contributed by atoms with Crippen molar-refractivity contribution in [2.45, 2.75) is 46.0 Å². The van der Waals surface area contributed by atoms with Crippen molar-refractivity contribution in [3.05, 3.63) is 0 Å². The van der Waals surface area contributed by atoms with E-state index >= 15 is 0 Å². The topological polar surface area (TPSA) is 12.5 Å². The van der Waals surface area contributed by atoms with Gasteiger partial charge in [-0.25, -0.2) is 0 Å². The quantitative estimate of drug-likeness (QED) is 0.788. The molecule has 0 amide bonds. The molecule has 0 atom stereocenters. The van der Waals surface area contributed by atoms with Crippen molar-refractivity contribution in [1.29, 1.82) is 0 Å². The van der Waals surface area contributed by atoms with Gasteiger partial charge >= 0.3 is 0 Å². The van der Waals surface area contributed by atoms with Crippen molar-refractivity contribution in [1.82, 2.24) is 4.90 Å². The minimum atomic E-state index is 0.418. The van der Waals surface area contributed by atoms with Gasteiger partial charge in [0.25, 0.3) is 0 Å². The molecule has 0 aliphatic carbocycles. The molecule has 2 saturated heterocycles. The van der Waals surface area contributed by atoms with Crippen LogP contribution in [0.15, 0.2) is 0 Å². The molecule has 0 N–H and O–H groups in total. The summed E-state index contributed by atoms with van der Waals surface area (Å²) >= 11 is 4.62. The Morgan fingerprint density at radius 1 is 1.11 bits per heavy atom. The molecule has 18 heavy (non-hydrogen) atoms.